The molecule has 0 bridgehead atoms. The van der Waals surface area contributed by atoms with Crippen molar-refractivity contribution in [3.63, 3.8) is 0 Å². The van der Waals surface area contributed by atoms with E-state index in [0.717, 1.165) is 0 Å². The van der Waals surface area contributed by atoms with Crippen LogP contribution in [-0.2, 0) is 0 Å². The van der Waals surface area contributed by atoms with Crippen molar-refractivity contribution in [3.8, 4) is 0 Å². The first-order valence-corrected chi connectivity index (χ1v) is 5.07. The van der Waals surface area contributed by atoms with Crippen LogP contribution in [0.3, 0.4) is 0 Å². The quantitative estimate of drug-likeness (QED) is 0.390. The van der Waals surface area contributed by atoms with Gasteiger partial charge in [0.05, 0.1) is 0 Å². The van der Waals surface area contributed by atoms with Crippen molar-refractivity contribution >= 4 is 0 Å². The second-order valence-corrected chi connectivity index (χ2v) is 3.09. The Labute approximate surface area is 77.4 Å². The fraction of sp³-hybridized carbons (Fsp3) is 0.667. The van der Waals surface area contributed by atoms with E-state index in [0.29, 0.717) is 0 Å². The van der Waals surface area contributed by atoms with Gasteiger partial charge in [0.1, 0.15) is 0 Å². The van der Waals surface area contributed by atoms with Crippen LogP contribution in [-0.4, -0.2) is 0 Å². The minimum absolute atomic E-state index is 1.22. The predicted octanol–water partition coefficient (Wildman–Crippen LogP) is 4.28. The molecular formula is C12H21. The van der Waals surface area contributed by atoms with Crippen molar-refractivity contribution < 1.29 is 0 Å². The lowest BCUT2D eigenvalue weighted by atomic mass is 10.1. The molecule has 1 radical (unpaired) electrons. The average Bonchev–Trinajstić information content (AvgIpc) is 2.10. The Bertz CT molecular complexity index is 120. The third-order valence-electron chi connectivity index (χ3n) is 1.87. The standard InChI is InChI=1S/C12H21/c1-3-5-7-9-11-12-10-8-6-4-2/h6,8,10H,3,5,7,9,11-12H2,1-2H3/b6-4?,10-8+. The maximum Gasteiger partial charge on any atom is -0.0348 e. The monoisotopic (exact) mass is 165 g/mol. The van der Waals surface area contributed by atoms with Crippen LogP contribution < -0.4 is 0 Å². The van der Waals surface area contributed by atoms with Gasteiger partial charge < -0.3 is 0 Å². The van der Waals surface area contributed by atoms with Crippen LogP contribution in [0, 0.1) is 6.08 Å². The van der Waals surface area contributed by atoms with Gasteiger partial charge in [-0.1, -0.05) is 50.8 Å². The number of hydrogen-bond donors (Lipinski definition) is 0. The van der Waals surface area contributed by atoms with Gasteiger partial charge in [0.25, 0.3) is 0 Å². The molecule has 12 heavy (non-hydrogen) atoms. The highest BCUT2D eigenvalue weighted by Gasteiger charge is 1.85. The van der Waals surface area contributed by atoms with Crippen LogP contribution in [0.4, 0.5) is 0 Å². The molecule has 0 heterocycles. The molecule has 0 amide bonds. The maximum absolute atomic E-state index is 2.97. The van der Waals surface area contributed by atoms with Crippen molar-refractivity contribution in [2.24, 2.45) is 0 Å². The minimum Gasteiger partial charge on any atom is -0.0845 e. The first-order chi connectivity index (χ1) is 5.91. The van der Waals surface area contributed by atoms with Crippen LogP contribution in [0.1, 0.15) is 52.4 Å². The van der Waals surface area contributed by atoms with E-state index in [2.05, 4.69) is 25.2 Å². The highest BCUT2D eigenvalue weighted by Crippen LogP contribution is 2.05. The first kappa shape index (κ1) is 11.5. The third kappa shape index (κ3) is 9.48. The predicted molar refractivity (Wildman–Crippen MR) is 56.0 cm³/mol. The molecule has 0 saturated heterocycles. The summed E-state index contributed by atoms with van der Waals surface area (Å²) < 4.78 is 0. The van der Waals surface area contributed by atoms with Gasteiger partial charge in [0, 0.05) is 0 Å². The Morgan fingerprint density at radius 3 is 2.50 bits per heavy atom. The smallest absolute Gasteiger partial charge is 0.0348 e. The van der Waals surface area contributed by atoms with Crippen molar-refractivity contribution in [1.29, 1.82) is 0 Å². The second kappa shape index (κ2) is 10.5. The summed E-state index contributed by atoms with van der Waals surface area (Å²) in [7, 11) is 0. The summed E-state index contributed by atoms with van der Waals surface area (Å²) in [5.41, 5.74) is 0. The molecule has 0 fully saturated rings. The number of rotatable bonds is 7. The molecule has 0 unspecified atom stereocenters. The van der Waals surface area contributed by atoms with Gasteiger partial charge in [-0.15, -0.1) is 0 Å². The molecule has 0 aromatic carbocycles. The maximum atomic E-state index is 2.97. The Hall–Kier alpha value is -0.520. The third-order valence-corrected chi connectivity index (χ3v) is 1.87. The lowest BCUT2D eigenvalue weighted by Gasteiger charge is -1.95. The molecule has 0 nitrogen and oxygen atoms in total. The zero-order valence-electron chi connectivity index (χ0n) is 8.47. The lowest BCUT2D eigenvalue weighted by molar-refractivity contribution is 0.637. The molecule has 0 spiro atoms. The Kier molecular flexibility index (Phi) is 10.0. The fourth-order valence-corrected chi connectivity index (χ4v) is 1.13. The molecule has 0 aliphatic heterocycles. The van der Waals surface area contributed by atoms with Crippen molar-refractivity contribution in [2.45, 2.75) is 52.4 Å². The SMILES string of the molecule is C/[C]=C\C=C\CCCCCCC. The van der Waals surface area contributed by atoms with E-state index in [4.69, 9.17) is 0 Å². The molecule has 0 aliphatic rings. The molecule has 0 atom stereocenters. The van der Waals surface area contributed by atoms with Gasteiger partial charge in [-0.05, 0) is 25.8 Å². The Morgan fingerprint density at radius 2 is 1.83 bits per heavy atom. The zero-order valence-corrected chi connectivity index (χ0v) is 8.47. The summed E-state index contributed by atoms with van der Waals surface area (Å²) in [6, 6.07) is 0. The number of allylic oxidation sites excluding steroid dienone is 4. The van der Waals surface area contributed by atoms with Crippen LogP contribution >= 0.6 is 0 Å². The normalized spacial score (nSPS) is 11.8. The largest absolute Gasteiger partial charge is 0.0845 e. The van der Waals surface area contributed by atoms with E-state index in [1.807, 2.05) is 13.0 Å². The molecular weight excluding hydrogens is 144 g/mol. The average molecular weight is 165 g/mol. The summed E-state index contributed by atoms with van der Waals surface area (Å²) in [5.74, 6) is 0. The summed E-state index contributed by atoms with van der Waals surface area (Å²) in [5, 5.41) is 0. The molecule has 0 N–H and O–H groups in total. The van der Waals surface area contributed by atoms with Crippen LogP contribution in [0.2, 0.25) is 0 Å². The van der Waals surface area contributed by atoms with E-state index in [9.17, 15) is 0 Å². The molecule has 0 saturated carbocycles. The van der Waals surface area contributed by atoms with E-state index < -0.39 is 0 Å². The van der Waals surface area contributed by atoms with Gasteiger partial charge >= 0.3 is 0 Å². The van der Waals surface area contributed by atoms with Gasteiger partial charge in [-0.25, -0.2) is 0 Å². The van der Waals surface area contributed by atoms with Gasteiger partial charge in [-0.3, -0.25) is 0 Å². The van der Waals surface area contributed by atoms with Crippen molar-refractivity contribution in [2.75, 3.05) is 0 Å². The summed E-state index contributed by atoms with van der Waals surface area (Å²) in [4.78, 5) is 0. The van der Waals surface area contributed by atoms with Crippen molar-refractivity contribution in [1.82, 2.24) is 0 Å². The summed E-state index contributed by atoms with van der Waals surface area (Å²) >= 11 is 0. The van der Waals surface area contributed by atoms with Crippen molar-refractivity contribution in [3.05, 3.63) is 24.3 Å². The van der Waals surface area contributed by atoms with Gasteiger partial charge in [-0.2, -0.15) is 0 Å². The fourth-order valence-electron chi connectivity index (χ4n) is 1.13. The summed E-state index contributed by atoms with van der Waals surface area (Å²) in [6.45, 7) is 4.17. The Balaban J connectivity index is 3.00. The first-order valence-electron chi connectivity index (χ1n) is 5.07. The highest BCUT2D eigenvalue weighted by molar-refractivity contribution is 4.97. The minimum atomic E-state index is 1.22. The Morgan fingerprint density at radius 1 is 1.08 bits per heavy atom. The molecule has 0 aromatic heterocycles. The molecule has 0 aromatic rings. The van der Waals surface area contributed by atoms with E-state index in [-0.39, 0.29) is 0 Å². The van der Waals surface area contributed by atoms with Gasteiger partial charge in [0.2, 0.25) is 0 Å². The van der Waals surface area contributed by atoms with E-state index in [1.165, 1.54) is 38.5 Å². The second-order valence-electron chi connectivity index (χ2n) is 3.09. The van der Waals surface area contributed by atoms with Crippen LogP contribution in [0.25, 0.3) is 0 Å². The molecule has 69 valence electrons. The summed E-state index contributed by atoms with van der Waals surface area (Å²) in [6.07, 6.45) is 17.3. The van der Waals surface area contributed by atoms with Crippen LogP contribution in [0.15, 0.2) is 18.2 Å². The highest BCUT2D eigenvalue weighted by atomic mass is 13.9. The van der Waals surface area contributed by atoms with E-state index in [1.54, 1.807) is 0 Å². The molecule has 0 heteroatoms. The topological polar surface area (TPSA) is 0 Å². The molecule has 0 aliphatic carbocycles. The zero-order chi connectivity index (χ0) is 9.07. The van der Waals surface area contributed by atoms with Crippen LogP contribution in [0.5, 0.6) is 0 Å². The lowest BCUT2D eigenvalue weighted by Crippen LogP contribution is -1.75. The molecule has 0 rings (SSSR count). The number of unbranched alkanes of at least 4 members (excludes halogenated alkanes) is 5. The van der Waals surface area contributed by atoms with E-state index >= 15 is 0 Å². The number of hydrogen-bond acceptors (Lipinski definition) is 0. The van der Waals surface area contributed by atoms with Gasteiger partial charge in [0.15, 0.2) is 0 Å².